The molecule has 2 aromatic heterocycles. The molecule has 0 spiro atoms. The Kier molecular flexibility index (Phi) is 3.41. The smallest absolute Gasteiger partial charge is 0.303 e. The molecule has 0 fully saturated rings. The molecule has 3 rings (SSSR count). The second-order valence-electron chi connectivity index (χ2n) is 4.72. The minimum Gasteiger partial charge on any atom is -0.481 e. The van der Waals surface area contributed by atoms with Crippen LogP contribution in [-0.4, -0.2) is 21.0 Å². The molecule has 1 aliphatic rings. The molecule has 2 heterocycles. The van der Waals surface area contributed by atoms with Crippen molar-refractivity contribution in [1.29, 1.82) is 0 Å². The van der Waals surface area contributed by atoms with Gasteiger partial charge in [-0.3, -0.25) is 4.79 Å². The molecule has 100 valence electrons. The van der Waals surface area contributed by atoms with E-state index in [9.17, 15) is 4.79 Å². The van der Waals surface area contributed by atoms with Gasteiger partial charge in [0, 0.05) is 11.3 Å². The number of carboxylic acid groups (broad SMARTS) is 1. The molecule has 4 nitrogen and oxygen atoms in total. The van der Waals surface area contributed by atoms with Crippen molar-refractivity contribution in [3.63, 3.8) is 0 Å². The van der Waals surface area contributed by atoms with E-state index in [1.165, 1.54) is 23.3 Å². The number of aromatic nitrogens is 2. The first-order valence-corrected chi connectivity index (χ1v) is 7.53. The number of thiophene rings is 1. The van der Waals surface area contributed by atoms with Crippen LogP contribution >= 0.6 is 22.9 Å². The van der Waals surface area contributed by atoms with Gasteiger partial charge in [0.2, 0.25) is 0 Å². The zero-order valence-corrected chi connectivity index (χ0v) is 11.9. The molecule has 0 unspecified atom stereocenters. The summed E-state index contributed by atoms with van der Waals surface area (Å²) in [6.07, 6.45) is 4.91. The summed E-state index contributed by atoms with van der Waals surface area (Å²) in [4.78, 5) is 21.6. The van der Waals surface area contributed by atoms with Crippen molar-refractivity contribution >= 4 is 39.1 Å². The number of carbonyl (C=O) groups is 1. The summed E-state index contributed by atoms with van der Waals surface area (Å²) in [5, 5.41) is 10.2. The van der Waals surface area contributed by atoms with Crippen LogP contribution < -0.4 is 0 Å². The summed E-state index contributed by atoms with van der Waals surface area (Å²) in [6.45, 7) is 0. The number of carboxylic acids is 1. The fourth-order valence-corrected chi connectivity index (χ4v) is 4.12. The van der Waals surface area contributed by atoms with Gasteiger partial charge >= 0.3 is 5.97 Å². The van der Waals surface area contributed by atoms with Gasteiger partial charge in [0.1, 0.15) is 15.8 Å². The van der Waals surface area contributed by atoms with E-state index in [1.807, 2.05) is 0 Å². The van der Waals surface area contributed by atoms with Crippen LogP contribution in [0.1, 0.15) is 35.5 Å². The van der Waals surface area contributed by atoms with Gasteiger partial charge in [-0.05, 0) is 31.2 Å². The van der Waals surface area contributed by atoms with Crippen molar-refractivity contribution in [1.82, 2.24) is 9.97 Å². The Morgan fingerprint density at radius 1 is 1.32 bits per heavy atom. The molecule has 0 saturated heterocycles. The molecule has 2 aromatic rings. The summed E-state index contributed by atoms with van der Waals surface area (Å²) in [7, 11) is 0. The topological polar surface area (TPSA) is 63.1 Å². The molecule has 1 N–H and O–H groups in total. The highest BCUT2D eigenvalue weighted by atomic mass is 35.5. The van der Waals surface area contributed by atoms with E-state index in [-0.39, 0.29) is 6.42 Å². The minimum absolute atomic E-state index is 0.0346. The third-order valence-corrected chi connectivity index (χ3v) is 4.84. The lowest BCUT2D eigenvalue weighted by atomic mass is 9.97. The zero-order chi connectivity index (χ0) is 13.4. The molecule has 0 bridgehead atoms. The molecule has 19 heavy (non-hydrogen) atoms. The van der Waals surface area contributed by atoms with E-state index < -0.39 is 5.97 Å². The Bertz CT molecular complexity index is 654. The van der Waals surface area contributed by atoms with Crippen molar-refractivity contribution < 1.29 is 9.90 Å². The predicted molar refractivity (Wildman–Crippen MR) is 75.0 cm³/mol. The van der Waals surface area contributed by atoms with Gasteiger partial charge in [-0.25, -0.2) is 9.97 Å². The van der Waals surface area contributed by atoms with Crippen molar-refractivity contribution in [3.8, 4) is 0 Å². The van der Waals surface area contributed by atoms with Crippen LogP contribution in [0, 0.1) is 0 Å². The third-order valence-electron chi connectivity index (χ3n) is 3.38. The molecular weight excluding hydrogens is 284 g/mol. The Hall–Kier alpha value is -1.20. The Labute approximate surface area is 119 Å². The van der Waals surface area contributed by atoms with Crippen molar-refractivity contribution in [2.24, 2.45) is 0 Å². The van der Waals surface area contributed by atoms with Gasteiger partial charge in [-0.2, -0.15) is 0 Å². The van der Waals surface area contributed by atoms with Gasteiger partial charge in [0.15, 0.2) is 0 Å². The number of aliphatic carboxylic acids is 1. The van der Waals surface area contributed by atoms with Gasteiger partial charge in [0.05, 0.1) is 11.8 Å². The van der Waals surface area contributed by atoms with E-state index >= 15 is 0 Å². The standard InChI is InChI=1S/C13H13ClN2O2S/c14-12-11-7-3-1-2-4-8(7)19-13(11)16-9(15-12)5-6-10(17)18/h1-6H2,(H,17,18). The number of nitrogens with zero attached hydrogens (tertiary/aromatic N) is 2. The van der Waals surface area contributed by atoms with Crippen molar-refractivity contribution in [2.75, 3.05) is 0 Å². The Morgan fingerprint density at radius 3 is 2.89 bits per heavy atom. The largest absolute Gasteiger partial charge is 0.481 e. The van der Waals surface area contributed by atoms with E-state index in [2.05, 4.69) is 9.97 Å². The third kappa shape index (κ3) is 2.44. The SMILES string of the molecule is O=C(O)CCc1nc(Cl)c2c3c(sc2n1)CCCC3. The lowest BCUT2D eigenvalue weighted by molar-refractivity contribution is -0.137. The van der Waals surface area contributed by atoms with E-state index in [0.29, 0.717) is 17.4 Å². The maximum Gasteiger partial charge on any atom is 0.303 e. The lowest BCUT2D eigenvalue weighted by Gasteiger charge is -2.10. The molecule has 0 atom stereocenters. The fourth-order valence-electron chi connectivity index (χ4n) is 2.48. The van der Waals surface area contributed by atoms with Crippen molar-refractivity contribution in [2.45, 2.75) is 38.5 Å². The average molecular weight is 297 g/mol. The first-order valence-electron chi connectivity index (χ1n) is 6.33. The van der Waals surface area contributed by atoms with Crippen LogP contribution in [0.5, 0.6) is 0 Å². The van der Waals surface area contributed by atoms with Crippen molar-refractivity contribution in [3.05, 3.63) is 21.4 Å². The van der Waals surface area contributed by atoms with Crippen LogP contribution in [0.2, 0.25) is 5.15 Å². The lowest BCUT2D eigenvalue weighted by Crippen LogP contribution is -2.02. The predicted octanol–water partition coefficient (Wildman–Crippen LogP) is 3.24. The normalized spacial score (nSPS) is 14.6. The highest BCUT2D eigenvalue weighted by molar-refractivity contribution is 7.19. The average Bonchev–Trinajstić information content (AvgIpc) is 2.74. The van der Waals surface area contributed by atoms with Gasteiger partial charge in [-0.15, -0.1) is 11.3 Å². The molecule has 0 radical (unpaired) electrons. The highest BCUT2D eigenvalue weighted by Crippen LogP contribution is 2.38. The summed E-state index contributed by atoms with van der Waals surface area (Å²) in [5.41, 5.74) is 1.31. The van der Waals surface area contributed by atoms with Gasteiger partial charge in [-0.1, -0.05) is 11.6 Å². The highest BCUT2D eigenvalue weighted by Gasteiger charge is 2.20. The van der Waals surface area contributed by atoms with Crippen LogP contribution in [0.15, 0.2) is 0 Å². The maximum absolute atomic E-state index is 10.6. The molecule has 6 heteroatoms. The summed E-state index contributed by atoms with van der Waals surface area (Å²) >= 11 is 7.94. The quantitative estimate of drug-likeness (QED) is 0.883. The number of aryl methyl sites for hydroxylation is 3. The summed E-state index contributed by atoms with van der Waals surface area (Å²) < 4.78 is 0. The Morgan fingerprint density at radius 2 is 2.11 bits per heavy atom. The molecule has 1 aliphatic carbocycles. The maximum atomic E-state index is 10.6. The number of hydrogen-bond donors (Lipinski definition) is 1. The number of rotatable bonds is 3. The number of halogens is 1. The fraction of sp³-hybridized carbons (Fsp3) is 0.462. The molecule has 0 aromatic carbocycles. The van der Waals surface area contributed by atoms with Gasteiger partial charge in [0.25, 0.3) is 0 Å². The molecule has 0 amide bonds. The monoisotopic (exact) mass is 296 g/mol. The second kappa shape index (κ2) is 5.06. The molecule has 0 saturated carbocycles. The zero-order valence-electron chi connectivity index (χ0n) is 10.3. The van der Waals surface area contributed by atoms with Crippen LogP contribution in [0.3, 0.4) is 0 Å². The van der Waals surface area contributed by atoms with E-state index in [1.54, 1.807) is 11.3 Å². The molecular formula is C13H13ClN2O2S. The summed E-state index contributed by atoms with van der Waals surface area (Å²) in [6, 6.07) is 0. The van der Waals surface area contributed by atoms with Gasteiger partial charge < -0.3 is 5.11 Å². The first kappa shape index (κ1) is 12.8. The van der Waals surface area contributed by atoms with E-state index in [4.69, 9.17) is 16.7 Å². The van der Waals surface area contributed by atoms with Crippen LogP contribution in [-0.2, 0) is 24.1 Å². The van der Waals surface area contributed by atoms with Crippen LogP contribution in [0.25, 0.3) is 10.2 Å². The summed E-state index contributed by atoms with van der Waals surface area (Å²) in [5.74, 6) is -0.316. The van der Waals surface area contributed by atoms with Crippen LogP contribution in [0.4, 0.5) is 0 Å². The number of fused-ring (bicyclic) bond motifs is 3. The molecule has 0 aliphatic heterocycles. The van der Waals surface area contributed by atoms with E-state index in [0.717, 1.165) is 23.1 Å². The second-order valence-corrected chi connectivity index (χ2v) is 6.16. The first-order chi connectivity index (χ1) is 9.15. The number of hydrogen-bond acceptors (Lipinski definition) is 4. The minimum atomic E-state index is -0.842. The Balaban J connectivity index is 2.03.